The normalized spacial score (nSPS) is 16.6. The third-order valence-corrected chi connectivity index (χ3v) is 3.13. The topological polar surface area (TPSA) is 91.2 Å². The van der Waals surface area contributed by atoms with E-state index in [4.69, 9.17) is 5.73 Å². The van der Waals surface area contributed by atoms with E-state index < -0.39 is 0 Å². The van der Waals surface area contributed by atoms with Crippen molar-refractivity contribution in [3.63, 3.8) is 0 Å². The van der Waals surface area contributed by atoms with Crippen LogP contribution in [-0.4, -0.2) is 40.8 Å². The Morgan fingerprint density at radius 3 is 2.61 bits per heavy atom. The molecule has 2 rings (SSSR count). The van der Waals surface area contributed by atoms with Crippen LogP contribution in [0.4, 0.5) is 5.69 Å². The summed E-state index contributed by atoms with van der Waals surface area (Å²) in [5.41, 5.74) is 6.65. The molecule has 1 aromatic rings. The van der Waals surface area contributed by atoms with Gasteiger partial charge in [-0.3, -0.25) is 9.59 Å². The van der Waals surface area contributed by atoms with Crippen LogP contribution in [0.2, 0.25) is 0 Å². The first-order valence-corrected chi connectivity index (χ1v) is 6.06. The molecule has 18 heavy (non-hydrogen) atoms. The number of rotatable bonds is 2. The van der Waals surface area contributed by atoms with E-state index in [9.17, 15) is 9.59 Å². The van der Waals surface area contributed by atoms with Crippen LogP contribution >= 0.6 is 0 Å². The number of carbonyl (C=O) groups excluding carboxylic acids is 2. The molecule has 2 amide bonds. The van der Waals surface area contributed by atoms with Crippen LogP contribution in [0.5, 0.6) is 0 Å². The van der Waals surface area contributed by atoms with E-state index in [1.807, 2.05) is 0 Å². The number of aromatic nitrogens is 1. The lowest BCUT2D eigenvalue weighted by atomic mass is 10.0. The van der Waals surface area contributed by atoms with Crippen molar-refractivity contribution in [3.05, 3.63) is 18.0 Å². The summed E-state index contributed by atoms with van der Waals surface area (Å²) < 4.78 is 0. The molecule has 6 nitrogen and oxygen atoms in total. The molecule has 0 saturated carbocycles. The molecule has 1 aromatic heterocycles. The third-order valence-electron chi connectivity index (χ3n) is 3.13. The summed E-state index contributed by atoms with van der Waals surface area (Å²) in [6.07, 6.45) is 3.19. The van der Waals surface area contributed by atoms with Gasteiger partial charge in [0.05, 0.1) is 0 Å². The number of carbonyl (C=O) groups is 2. The smallest absolute Gasteiger partial charge is 0.270 e. The Balaban J connectivity index is 1.90. The van der Waals surface area contributed by atoms with Gasteiger partial charge in [-0.2, -0.15) is 0 Å². The van der Waals surface area contributed by atoms with Crippen LogP contribution in [0.3, 0.4) is 0 Å². The first-order valence-electron chi connectivity index (χ1n) is 6.06. The summed E-state index contributed by atoms with van der Waals surface area (Å²) in [6, 6.07) is 1.82. The quantitative estimate of drug-likeness (QED) is 0.706. The average molecular weight is 250 g/mol. The molecule has 2 heterocycles. The average Bonchev–Trinajstić information content (AvgIpc) is 2.75. The number of H-pyrrole nitrogens is 1. The number of nitrogens with one attached hydrogen (secondary N) is 2. The minimum atomic E-state index is -0.0343. The van der Waals surface area contributed by atoms with Crippen LogP contribution in [0.25, 0.3) is 0 Å². The van der Waals surface area contributed by atoms with Gasteiger partial charge in [-0.1, -0.05) is 0 Å². The molecule has 98 valence electrons. The summed E-state index contributed by atoms with van der Waals surface area (Å²) in [5.74, 6) is -0.0510. The van der Waals surface area contributed by atoms with Crippen LogP contribution in [-0.2, 0) is 4.79 Å². The van der Waals surface area contributed by atoms with Crippen LogP contribution < -0.4 is 11.1 Å². The van der Waals surface area contributed by atoms with Crippen molar-refractivity contribution >= 4 is 17.5 Å². The second-order valence-corrected chi connectivity index (χ2v) is 4.61. The largest absolute Gasteiger partial charge is 0.397 e. The van der Waals surface area contributed by atoms with Gasteiger partial charge in [-0.25, -0.2) is 0 Å². The van der Waals surface area contributed by atoms with Crippen molar-refractivity contribution < 1.29 is 9.59 Å². The number of amides is 2. The molecule has 0 aromatic carbocycles. The number of nitrogens with zero attached hydrogens (tertiary/aromatic N) is 1. The van der Waals surface area contributed by atoms with Gasteiger partial charge in [-0.15, -0.1) is 0 Å². The van der Waals surface area contributed by atoms with Crippen LogP contribution in [0, 0.1) is 0 Å². The molecule has 0 bridgehead atoms. The minimum Gasteiger partial charge on any atom is -0.397 e. The van der Waals surface area contributed by atoms with Crippen LogP contribution in [0.1, 0.15) is 30.3 Å². The predicted octanol–water partition coefficient (Wildman–Crippen LogP) is 0.338. The highest BCUT2D eigenvalue weighted by Crippen LogP contribution is 2.14. The molecule has 6 heteroatoms. The van der Waals surface area contributed by atoms with Gasteiger partial charge >= 0.3 is 0 Å². The number of piperidine rings is 1. The van der Waals surface area contributed by atoms with Crippen molar-refractivity contribution in [2.75, 3.05) is 18.8 Å². The lowest BCUT2D eigenvalue weighted by Gasteiger charge is -2.31. The summed E-state index contributed by atoms with van der Waals surface area (Å²) in [5, 5.41) is 2.88. The highest BCUT2D eigenvalue weighted by Gasteiger charge is 2.24. The Bertz CT molecular complexity index is 447. The molecule has 0 aliphatic carbocycles. The summed E-state index contributed by atoms with van der Waals surface area (Å²) >= 11 is 0. The fraction of sp³-hybridized carbons (Fsp3) is 0.500. The molecular formula is C12H18N4O2. The summed E-state index contributed by atoms with van der Waals surface area (Å²) in [6.45, 7) is 2.82. The lowest BCUT2D eigenvalue weighted by Crippen LogP contribution is -2.46. The van der Waals surface area contributed by atoms with E-state index in [0.29, 0.717) is 24.5 Å². The maximum absolute atomic E-state index is 12.1. The van der Waals surface area contributed by atoms with Gasteiger partial charge in [0.15, 0.2) is 0 Å². The number of anilines is 1. The monoisotopic (exact) mass is 250 g/mol. The molecule has 0 spiro atoms. The minimum absolute atomic E-state index is 0.0167. The van der Waals surface area contributed by atoms with Gasteiger partial charge in [0.25, 0.3) is 5.91 Å². The molecule has 0 unspecified atom stereocenters. The van der Waals surface area contributed by atoms with E-state index in [0.717, 1.165) is 12.8 Å². The SMILES string of the molecule is CC(=O)NC1CCN(C(=O)c2cc(N)c[nH]2)CC1. The number of likely N-dealkylation sites (tertiary alicyclic amines) is 1. The summed E-state index contributed by atoms with van der Waals surface area (Å²) in [7, 11) is 0. The first-order chi connectivity index (χ1) is 8.56. The van der Waals surface area contributed by atoms with Gasteiger partial charge in [0, 0.05) is 37.9 Å². The Kier molecular flexibility index (Phi) is 3.55. The maximum atomic E-state index is 12.1. The number of nitrogen functional groups attached to an aromatic ring is 1. The highest BCUT2D eigenvalue weighted by atomic mass is 16.2. The van der Waals surface area contributed by atoms with E-state index in [-0.39, 0.29) is 17.9 Å². The van der Waals surface area contributed by atoms with Crippen molar-refractivity contribution in [1.29, 1.82) is 0 Å². The number of hydrogen-bond acceptors (Lipinski definition) is 3. The van der Waals surface area contributed by atoms with Crippen molar-refractivity contribution in [3.8, 4) is 0 Å². The molecule has 1 aliphatic rings. The second-order valence-electron chi connectivity index (χ2n) is 4.61. The standard InChI is InChI=1S/C12H18N4O2/c1-8(17)15-10-2-4-16(5-3-10)12(18)11-6-9(13)7-14-11/h6-7,10,14H,2-5,13H2,1H3,(H,15,17). The number of hydrogen-bond donors (Lipinski definition) is 3. The molecule has 1 aliphatic heterocycles. The molecular weight excluding hydrogens is 232 g/mol. The molecule has 1 fully saturated rings. The molecule has 0 atom stereocenters. The lowest BCUT2D eigenvalue weighted by molar-refractivity contribution is -0.119. The van der Waals surface area contributed by atoms with Gasteiger partial charge in [0.2, 0.25) is 5.91 Å². The van der Waals surface area contributed by atoms with E-state index in [1.165, 1.54) is 6.92 Å². The first kappa shape index (κ1) is 12.5. The Hall–Kier alpha value is -1.98. The van der Waals surface area contributed by atoms with Crippen molar-refractivity contribution in [2.24, 2.45) is 0 Å². The van der Waals surface area contributed by atoms with Gasteiger partial charge in [0.1, 0.15) is 5.69 Å². The van der Waals surface area contributed by atoms with Crippen LogP contribution in [0.15, 0.2) is 12.3 Å². The van der Waals surface area contributed by atoms with Crippen molar-refractivity contribution in [1.82, 2.24) is 15.2 Å². The zero-order valence-corrected chi connectivity index (χ0v) is 10.4. The fourth-order valence-corrected chi connectivity index (χ4v) is 2.22. The zero-order chi connectivity index (χ0) is 13.1. The summed E-state index contributed by atoms with van der Waals surface area (Å²) in [4.78, 5) is 27.7. The Morgan fingerprint density at radius 1 is 1.44 bits per heavy atom. The zero-order valence-electron chi connectivity index (χ0n) is 10.4. The van der Waals surface area contributed by atoms with Gasteiger partial charge < -0.3 is 20.9 Å². The maximum Gasteiger partial charge on any atom is 0.270 e. The Labute approximate surface area is 106 Å². The predicted molar refractivity (Wildman–Crippen MR) is 67.9 cm³/mol. The van der Waals surface area contributed by atoms with E-state index in [2.05, 4.69) is 10.3 Å². The van der Waals surface area contributed by atoms with E-state index >= 15 is 0 Å². The number of nitrogens with two attached hydrogens (primary N) is 1. The second kappa shape index (κ2) is 5.12. The molecule has 0 radical (unpaired) electrons. The number of aromatic amines is 1. The molecule has 1 saturated heterocycles. The van der Waals surface area contributed by atoms with Gasteiger partial charge in [-0.05, 0) is 18.9 Å². The highest BCUT2D eigenvalue weighted by molar-refractivity contribution is 5.93. The fourth-order valence-electron chi connectivity index (χ4n) is 2.22. The van der Waals surface area contributed by atoms with E-state index in [1.54, 1.807) is 17.2 Å². The molecule has 4 N–H and O–H groups in total. The Morgan fingerprint density at radius 2 is 2.11 bits per heavy atom. The third kappa shape index (κ3) is 2.82. The van der Waals surface area contributed by atoms with Crippen molar-refractivity contribution in [2.45, 2.75) is 25.8 Å².